The molecule has 0 saturated carbocycles. The first kappa shape index (κ1) is 13.4. The molecule has 2 aromatic rings. The van der Waals surface area contributed by atoms with Crippen molar-refractivity contribution in [1.29, 1.82) is 0 Å². The van der Waals surface area contributed by atoms with Crippen LogP contribution >= 0.6 is 0 Å². The monoisotopic (exact) mass is 259 g/mol. The molecule has 1 aromatic heterocycles. The fourth-order valence-corrected chi connectivity index (χ4v) is 1.76. The van der Waals surface area contributed by atoms with E-state index >= 15 is 0 Å². The Kier molecular flexibility index (Phi) is 4.36. The molecule has 0 spiro atoms. The Morgan fingerprint density at radius 1 is 1.26 bits per heavy atom. The second kappa shape index (κ2) is 6.20. The average Bonchev–Trinajstić information content (AvgIpc) is 2.94. The molecule has 1 aromatic carbocycles. The van der Waals surface area contributed by atoms with Gasteiger partial charge in [-0.15, -0.1) is 0 Å². The van der Waals surface area contributed by atoms with E-state index in [-0.39, 0.29) is 18.2 Å². The Balaban J connectivity index is 1.90. The maximum Gasteiger partial charge on any atom is 0.287 e. The molecule has 4 heteroatoms. The fourth-order valence-electron chi connectivity index (χ4n) is 1.76. The quantitative estimate of drug-likeness (QED) is 0.866. The molecule has 1 amide bonds. The third-order valence-electron chi connectivity index (χ3n) is 2.87. The first-order valence-electron chi connectivity index (χ1n) is 6.30. The van der Waals surface area contributed by atoms with E-state index < -0.39 is 6.10 Å². The summed E-state index contributed by atoms with van der Waals surface area (Å²) in [5.74, 6) is 0.737. The van der Waals surface area contributed by atoms with E-state index in [0.717, 1.165) is 17.7 Å². The van der Waals surface area contributed by atoms with Crippen molar-refractivity contribution >= 4 is 5.91 Å². The van der Waals surface area contributed by atoms with Crippen LogP contribution in [-0.2, 0) is 6.42 Å². The molecular weight excluding hydrogens is 242 g/mol. The summed E-state index contributed by atoms with van der Waals surface area (Å²) in [5, 5.41) is 12.6. The molecular formula is C15H17NO3. The zero-order valence-electron chi connectivity index (χ0n) is 10.8. The van der Waals surface area contributed by atoms with Crippen LogP contribution in [0.2, 0.25) is 0 Å². The second-order valence-electron chi connectivity index (χ2n) is 4.26. The van der Waals surface area contributed by atoms with E-state index in [9.17, 15) is 9.90 Å². The molecule has 2 N–H and O–H groups in total. The Labute approximate surface area is 112 Å². The molecule has 0 saturated heterocycles. The van der Waals surface area contributed by atoms with Gasteiger partial charge in [-0.3, -0.25) is 4.79 Å². The lowest BCUT2D eigenvalue weighted by molar-refractivity contribution is 0.0887. The summed E-state index contributed by atoms with van der Waals surface area (Å²) in [7, 11) is 0. The van der Waals surface area contributed by atoms with Crippen molar-refractivity contribution in [3.05, 3.63) is 59.5 Å². The summed E-state index contributed by atoms with van der Waals surface area (Å²) in [6, 6.07) is 12.6. The topological polar surface area (TPSA) is 62.5 Å². The number of rotatable bonds is 5. The zero-order valence-corrected chi connectivity index (χ0v) is 10.8. The molecule has 1 heterocycles. The summed E-state index contributed by atoms with van der Waals surface area (Å²) < 4.78 is 5.34. The third-order valence-corrected chi connectivity index (χ3v) is 2.87. The van der Waals surface area contributed by atoms with E-state index in [1.807, 2.05) is 37.3 Å². The number of carbonyl (C=O) groups is 1. The summed E-state index contributed by atoms with van der Waals surface area (Å²) >= 11 is 0. The van der Waals surface area contributed by atoms with Gasteiger partial charge in [0.2, 0.25) is 0 Å². The van der Waals surface area contributed by atoms with E-state index in [2.05, 4.69) is 5.32 Å². The molecule has 1 atom stereocenters. The van der Waals surface area contributed by atoms with Crippen LogP contribution in [0.15, 0.2) is 46.9 Å². The van der Waals surface area contributed by atoms with E-state index in [1.165, 1.54) is 0 Å². The zero-order chi connectivity index (χ0) is 13.7. The molecule has 4 nitrogen and oxygen atoms in total. The lowest BCUT2D eigenvalue weighted by Crippen LogP contribution is -2.28. The van der Waals surface area contributed by atoms with Gasteiger partial charge in [-0.1, -0.05) is 37.3 Å². The molecule has 0 bridgehead atoms. The van der Waals surface area contributed by atoms with Crippen molar-refractivity contribution in [2.75, 3.05) is 6.54 Å². The van der Waals surface area contributed by atoms with Crippen molar-refractivity contribution in [3.63, 3.8) is 0 Å². The molecule has 0 aliphatic rings. The van der Waals surface area contributed by atoms with Crippen LogP contribution in [-0.4, -0.2) is 17.6 Å². The SMILES string of the molecule is CCc1ccc(C(=O)NC[C@@H](O)c2ccccc2)o1. The van der Waals surface area contributed by atoms with Gasteiger partial charge >= 0.3 is 0 Å². The van der Waals surface area contributed by atoms with Gasteiger partial charge in [0.1, 0.15) is 5.76 Å². The Bertz CT molecular complexity index is 533. The van der Waals surface area contributed by atoms with Crippen LogP contribution in [0.25, 0.3) is 0 Å². The van der Waals surface area contributed by atoms with Crippen molar-refractivity contribution in [2.24, 2.45) is 0 Å². The van der Waals surface area contributed by atoms with Crippen molar-refractivity contribution < 1.29 is 14.3 Å². The van der Waals surface area contributed by atoms with Gasteiger partial charge < -0.3 is 14.8 Å². The number of carbonyl (C=O) groups excluding carboxylic acids is 1. The van der Waals surface area contributed by atoms with Crippen LogP contribution in [0.1, 0.15) is 34.9 Å². The standard InChI is InChI=1S/C15H17NO3/c1-2-12-8-9-14(19-12)15(18)16-10-13(17)11-6-4-3-5-7-11/h3-9,13,17H,2,10H2,1H3,(H,16,18)/t13-/m1/s1. The van der Waals surface area contributed by atoms with Crippen LogP contribution in [0.5, 0.6) is 0 Å². The fraction of sp³-hybridized carbons (Fsp3) is 0.267. The lowest BCUT2D eigenvalue weighted by atomic mass is 10.1. The summed E-state index contributed by atoms with van der Waals surface area (Å²) in [5.41, 5.74) is 0.775. The number of nitrogens with one attached hydrogen (secondary N) is 1. The number of aliphatic hydroxyl groups excluding tert-OH is 1. The van der Waals surface area contributed by atoms with E-state index in [4.69, 9.17) is 4.42 Å². The first-order chi connectivity index (χ1) is 9.20. The minimum absolute atomic E-state index is 0.158. The van der Waals surface area contributed by atoms with Crippen LogP contribution in [0, 0.1) is 0 Å². The maximum atomic E-state index is 11.8. The molecule has 0 fully saturated rings. The van der Waals surface area contributed by atoms with Gasteiger partial charge in [0.15, 0.2) is 5.76 Å². The number of amides is 1. The molecule has 0 aliphatic heterocycles. The summed E-state index contributed by atoms with van der Waals surface area (Å²) in [4.78, 5) is 11.8. The molecule has 0 aliphatic carbocycles. The van der Waals surface area contributed by atoms with Gasteiger partial charge in [-0.25, -0.2) is 0 Å². The van der Waals surface area contributed by atoms with Crippen molar-refractivity contribution in [1.82, 2.24) is 5.32 Å². The first-order valence-corrected chi connectivity index (χ1v) is 6.30. The minimum Gasteiger partial charge on any atom is -0.456 e. The Hall–Kier alpha value is -2.07. The van der Waals surface area contributed by atoms with Crippen LogP contribution < -0.4 is 5.32 Å². The predicted molar refractivity (Wildman–Crippen MR) is 71.8 cm³/mol. The molecule has 2 rings (SSSR count). The maximum absolute atomic E-state index is 11.8. The number of hydrogen-bond acceptors (Lipinski definition) is 3. The highest BCUT2D eigenvalue weighted by molar-refractivity contribution is 5.91. The number of furan rings is 1. The normalized spacial score (nSPS) is 12.1. The smallest absolute Gasteiger partial charge is 0.287 e. The van der Waals surface area contributed by atoms with E-state index in [1.54, 1.807) is 12.1 Å². The van der Waals surface area contributed by atoms with Crippen LogP contribution in [0.4, 0.5) is 0 Å². The molecule has 19 heavy (non-hydrogen) atoms. The third kappa shape index (κ3) is 3.45. The highest BCUT2D eigenvalue weighted by Gasteiger charge is 2.13. The number of aliphatic hydroxyl groups is 1. The largest absolute Gasteiger partial charge is 0.456 e. The summed E-state index contributed by atoms with van der Waals surface area (Å²) in [6.07, 6.45) is 0.0330. The summed E-state index contributed by atoms with van der Waals surface area (Å²) in [6.45, 7) is 2.12. The van der Waals surface area contributed by atoms with Crippen LogP contribution in [0.3, 0.4) is 0 Å². The molecule has 0 unspecified atom stereocenters. The number of benzene rings is 1. The van der Waals surface area contributed by atoms with Gasteiger partial charge in [0.25, 0.3) is 5.91 Å². The lowest BCUT2D eigenvalue weighted by Gasteiger charge is -2.11. The number of hydrogen-bond donors (Lipinski definition) is 2. The van der Waals surface area contributed by atoms with Gasteiger partial charge in [-0.05, 0) is 17.7 Å². The van der Waals surface area contributed by atoms with Gasteiger partial charge in [-0.2, -0.15) is 0 Å². The number of aryl methyl sites for hydroxylation is 1. The molecule has 0 radical (unpaired) electrons. The highest BCUT2D eigenvalue weighted by Crippen LogP contribution is 2.12. The van der Waals surface area contributed by atoms with Gasteiger partial charge in [0.05, 0.1) is 6.10 Å². The Morgan fingerprint density at radius 3 is 2.63 bits per heavy atom. The Morgan fingerprint density at radius 2 is 2.00 bits per heavy atom. The average molecular weight is 259 g/mol. The highest BCUT2D eigenvalue weighted by atomic mass is 16.3. The predicted octanol–water partition coefficient (Wildman–Crippen LogP) is 2.31. The minimum atomic E-state index is -0.717. The van der Waals surface area contributed by atoms with Crippen molar-refractivity contribution in [3.8, 4) is 0 Å². The second-order valence-corrected chi connectivity index (χ2v) is 4.26. The van der Waals surface area contributed by atoms with Gasteiger partial charge in [0, 0.05) is 13.0 Å². The molecule has 100 valence electrons. The van der Waals surface area contributed by atoms with Crippen molar-refractivity contribution in [2.45, 2.75) is 19.4 Å². The van der Waals surface area contributed by atoms with E-state index in [0.29, 0.717) is 0 Å².